The van der Waals surface area contributed by atoms with E-state index in [1.54, 1.807) is 24.6 Å². The molecular formula is C13H16ClN3O2. The van der Waals surface area contributed by atoms with Crippen molar-refractivity contribution in [2.24, 2.45) is 0 Å². The van der Waals surface area contributed by atoms with Crippen molar-refractivity contribution in [3.63, 3.8) is 0 Å². The second kappa shape index (κ2) is 5.57. The molecule has 19 heavy (non-hydrogen) atoms. The van der Waals surface area contributed by atoms with Crippen molar-refractivity contribution < 1.29 is 9.53 Å². The summed E-state index contributed by atoms with van der Waals surface area (Å²) in [6, 6.07) is 1.43. The number of esters is 1. The second-order valence-electron chi connectivity index (χ2n) is 4.32. The fourth-order valence-electron chi connectivity index (χ4n) is 2.00. The van der Waals surface area contributed by atoms with Gasteiger partial charge in [-0.1, -0.05) is 0 Å². The Morgan fingerprint density at radius 3 is 2.95 bits per heavy atom. The Bertz CT molecular complexity index is 609. The van der Waals surface area contributed by atoms with Crippen LogP contribution in [0, 0.1) is 6.92 Å². The lowest BCUT2D eigenvalue weighted by atomic mass is 10.3. The third-order valence-corrected chi connectivity index (χ3v) is 3.11. The van der Waals surface area contributed by atoms with Gasteiger partial charge in [-0.05, 0) is 32.4 Å². The highest BCUT2D eigenvalue weighted by atomic mass is 35.5. The molecule has 1 unspecified atom stereocenters. The number of aryl methyl sites for hydroxylation is 1. The second-order valence-corrected chi connectivity index (χ2v) is 4.58. The lowest BCUT2D eigenvalue weighted by Crippen LogP contribution is -2.21. The molecule has 0 bridgehead atoms. The third-order valence-electron chi connectivity index (χ3n) is 2.87. The number of hydrogen-bond acceptors (Lipinski definition) is 4. The van der Waals surface area contributed by atoms with Gasteiger partial charge in [-0.2, -0.15) is 0 Å². The summed E-state index contributed by atoms with van der Waals surface area (Å²) < 4.78 is 6.78. The van der Waals surface area contributed by atoms with E-state index in [1.807, 2.05) is 13.0 Å². The Morgan fingerprint density at radius 1 is 1.58 bits per heavy atom. The van der Waals surface area contributed by atoms with Crippen LogP contribution in [0.25, 0.3) is 11.2 Å². The van der Waals surface area contributed by atoms with E-state index in [0.717, 1.165) is 11.1 Å². The first-order valence-electron chi connectivity index (χ1n) is 6.14. The van der Waals surface area contributed by atoms with Gasteiger partial charge in [-0.15, -0.1) is 11.6 Å². The van der Waals surface area contributed by atoms with E-state index in [4.69, 9.17) is 16.3 Å². The maximum Gasteiger partial charge on any atom is 0.328 e. The summed E-state index contributed by atoms with van der Waals surface area (Å²) in [5.74, 6) is 0.532. The summed E-state index contributed by atoms with van der Waals surface area (Å²) in [4.78, 5) is 20.6. The Hall–Kier alpha value is -1.62. The fraction of sp³-hybridized carbons (Fsp3) is 0.462. The van der Waals surface area contributed by atoms with Gasteiger partial charge < -0.3 is 4.74 Å². The molecule has 2 aromatic rings. The zero-order valence-electron chi connectivity index (χ0n) is 11.2. The minimum absolute atomic E-state index is 0.221. The molecule has 0 fully saturated rings. The van der Waals surface area contributed by atoms with Gasteiger partial charge in [0.1, 0.15) is 17.4 Å². The van der Waals surface area contributed by atoms with Gasteiger partial charge in [0.25, 0.3) is 0 Å². The van der Waals surface area contributed by atoms with E-state index in [9.17, 15) is 4.79 Å². The third kappa shape index (κ3) is 2.56. The lowest BCUT2D eigenvalue weighted by Gasteiger charge is -2.14. The van der Waals surface area contributed by atoms with Crippen molar-refractivity contribution in [1.29, 1.82) is 0 Å². The highest BCUT2D eigenvalue weighted by Gasteiger charge is 2.22. The summed E-state index contributed by atoms with van der Waals surface area (Å²) in [5.41, 5.74) is 2.41. The van der Waals surface area contributed by atoms with Gasteiger partial charge in [-0.3, -0.25) is 4.57 Å². The smallest absolute Gasteiger partial charge is 0.328 e. The molecule has 0 amide bonds. The van der Waals surface area contributed by atoms with Crippen LogP contribution in [0.5, 0.6) is 0 Å². The molecule has 1 atom stereocenters. The Morgan fingerprint density at radius 2 is 2.32 bits per heavy atom. The standard InChI is InChI=1S/C13H16ClN3O2/c1-4-19-13(18)9(3)17-11(6-14)16-10-5-8(2)7-15-12(10)17/h5,7,9H,4,6H2,1-3H3. The molecule has 0 radical (unpaired) electrons. The fourth-order valence-corrected chi connectivity index (χ4v) is 2.19. The molecule has 0 aliphatic rings. The van der Waals surface area contributed by atoms with E-state index in [2.05, 4.69) is 9.97 Å². The van der Waals surface area contributed by atoms with E-state index >= 15 is 0 Å². The topological polar surface area (TPSA) is 57.0 Å². The van der Waals surface area contributed by atoms with Crippen LogP contribution >= 0.6 is 11.6 Å². The first-order chi connectivity index (χ1) is 9.08. The molecule has 5 nitrogen and oxygen atoms in total. The molecule has 0 aromatic carbocycles. The van der Waals surface area contributed by atoms with Gasteiger partial charge >= 0.3 is 5.97 Å². The Balaban J connectivity index is 2.54. The number of carbonyl (C=O) groups excluding carboxylic acids is 1. The van der Waals surface area contributed by atoms with Crippen LogP contribution in [-0.4, -0.2) is 27.1 Å². The highest BCUT2D eigenvalue weighted by molar-refractivity contribution is 6.16. The van der Waals surface area contributed by atoms with Crippen LogP contribution in [-0.2, 0) is 15.4 Å². The highest BCUT2D eigenvalue weighted by Crippen LogP contribution is 2.22. The average molecular weight is 282 g/mol. The lowest BCUT2D eigenvalue weighted by molar-refractivity contribution is -0.146. The summed E-state index contributed by atoms with van der Waals surface area (Å²) in [6.07, 6.45) is 1.75. The number of halogens is 1. The SMILES string of the molecule is CCOC(=O)C(C)n1c(CCl)nc2cc(C)cnc21. The molecule has 6 heteroatoms. The van der Waals surface area contributed by atoms with Crippen molar-refractivity contribution >= 4 is 28.7 Å². The molecule has 0 saturated heterocycles. The van der Waals surface area contributed by atoms with E-state index in [1.165, 1.54) is 0 Å². The zero-order chi connectivity index (χ0) is 14.0. The molecule has 0 aliphatic heterocycles. The molecule has 0 saturated carbocycles. The molecule has 2 aromatic heterocycles. The number of alkyl halides is 1. The summed E-state index contributed by atoms with van der Waals surface area (Å²) in [6.45, 7) is 5.83. The maximum absolute atomic E-state index is 11.9. The van der Waals surface area contributed by atoms with Gasteiger partial charge in [0.15, 0.2) is 5.65 Å². The number of imidazole rings is 1. The quantitative estimate of drug-likeness (QED) is 0.638. The van der Waals surface area contributed by atoms with Crippen molar-refractivity contribution in [3.8, 4) is 0 Å². The first kappa shape index (κ1) is 13.8. The number of pyridine rings is 1. The number of aromatic nitrogens is 3. The van der Waals surface area contributed by atoms with Crippen LogP contribution in [0.3, 0.4) is 0 Å². The van der Waals surface area contributed by atoms with Crippen molar-refractivity contribution in [2.45, 2.75) is 32.7 Å². The van der Waals surface area contributed by atoms with Crippen molar-refractivity contribution in [1.82, 2.24) is 14.5 Å². The number of rotatable bonds is 4. The number of hydrogen-bond donors (Lipinski definition) is 0. The molecule has 0 spiro atoms. The summed E-state index contributed by atoms with van der Waals surface area (Å²) >= 11 is 5.91. The van der Waals surface area contributed by atoms with Crippen molar-refractivity contribution in [2.75, 3.05) is 6.61 Å². The van der Waals surface area contributed by atoms with Crippen LogP contribution in [0.15, 0.2) is 12.3 Å². The summed E-state index contributed by atoms with van der Waals surface area (Å²) in [7, 11) is 0. The van der Waals surface area contributed by atoms with Crippen molar-refractivity contribution in [3.05, 3.63) is 23.7 Å². The zero-order valence-corrected chi connectivity index (χ0v) is 11.9. The molecule has 2 heterocycles. The monoisotopic (exact) mass is 281 g/mol. The Labute approximate surface area is 116 Å². The number of fused-ring (bicyclic) bond motifs is 1. The van der Waals surface area contributed by atoms with Crippen LogP contribution in [0.4, 0.5) is 0 Å². The molecule has 102 valence electrons. The minimum atomic E-state index is -0.492. The van der Waals surface area contributed by atoms with Crippen LogP contribution in [0.2, 0.25) is 0 Å². The molecule has 0 N–H and O–H groups in total. The predicted molar refractivity (Wildman–Crippen MR) is 73.2 cm³/mol. The van der Waals surface area contributed by atoms with Gasteiger partial charge in [0.05, 0.1) is 12.5 Å². The largest absolute Gasteiger partial charge is 0.464 e. The van der Waals surface area contributed by atoms with Crippen LogP contribution in [0.1, 0.15) is 31.3 Å². The van der Waals surface area contributed by atoms with Gasteiger partial charge in [0.2, 0.25) is 0 Å². The Kier molecular flexibility index (Phi) is 4.04. The molecule has 2 rings (SSSR count). The van der Waals surface area contributed by atoms with Gasteiger partial charge in [-0.25, -0.2) is 14.8 Å². The molecule has 0 aliphatic carbocycles. The minimum Gasteiger partial charge on any atom is -0.464 e. The maximum atomic E-state index is 11.9. The average Bonchev–Trinajstić information content (AvgIpc) is 2.75. The van der Waals surface area contributed by atoms with E-state index in [-0.39, 0.29) is 11.8 Å². The predicted octanol–water partition coefficient (Wildman–Crippen LogP) is 2.60. The van der Waals surface area contributed by atoms with Crippen LogP contribution < -0.4 is 0 Å². The number of carbonyl (C=O) groups is 1. The summed E-state index contributed by atoms with van der Waals surface area (Å²) in [5, 5.41) is 0. The van der Waals surface area contributed by atoms with E-state index in [0.29, 0.717) is 18.1 Å². The molecular weight excluding hydrogens is 266 g/mol. The first-order valence-corrected chi connectivity index (χ1v) is 6.68. The normalized spacial score (nSPS) is 12.6. The number of nitrogens with zero attached hydrogens (tertiary/aromatic N) is 3. The van der Waals surface area contributed by atoms with Gasteiger partial charge in [0, 0.05) is 6.20 Å². The number of ether oxygens (including phenoxy) is 1. The van der Waals surface area contributed by atoms with E-state index < -0.39 is 6.04 Å².